The highest BCUT2D eigenvalue weighted by atomic mass is 79.9. The van der Waals surface area contributed by atoms with Gasteiger partial charge in [0.1, 0.15) is 0 Å². The summed E-state index contributed by atoms with van der Waals surface area (Å²) >= 11 is 5.19. The number of rotatable bonds is 5. The predicted molar refractivity (Wildman–Crippen MR) is 111 cm³/mol. The van der Waals surface area contributed by atoms with Gasteiger partial charge in [0.15, 0.2) is 0 Å². The molecule has 1 atom stereocenters. The molecule has 2 heterocycles. The van der Waals surface area contributed by atoms with Crippen molar-refractivity contribution in [3.05, 3.63) is 56.7 Å². The molecule has 1 N–H and O–H groups in total. The Morgan fingerprint density at radius 3 is 2.40 bits per heavy atom. The van der Waals surface area contributed by atoms with Crippen LogP contribution >= 0.6 is 39.7 Å². The molecule has 1 unspecified atom stereocenters. The summed E-state index contributed by atoms with van der Waals surface area (Å²) in [6, 6.07) is 12.1. The number of hydrogen-bond donors (Lipinski definition) is 1. The Morgan fingerprint density at radius 2 is 1.80 bits per heavy atom. The van der Waals surface area contributed by atoms with Gasteiger partial charge in [0.05, 0.1) is 6.04 Å². The van der Waals surface area contributed by atoms with Crippen molar-refractivity contribution in [3.8, 4) is 0 Å². The number of carbonyl (C=O) groups is 1. The Kier molecular flexibility index (Phi) is 8.43. The number of likely N-dealkylation sites (tertiary alicyclic amines) is 1. The summed E-state index contributed by atoms with van der Waals surface area (Å²) in [5.41, 5.74) is 0.707. The molecule has 25 heavy (non-hydrogen) atoms. The summed E-state index contributed by atoms with van der Waals surface area (Å²) in [7, 11) is 0. The van der Waals surface area contributed by atoms with Crippen molar-refractivity contribution < 1.29 is 4.79 Å². The molecule has 0 bridgehead atoms. The van der Waals surface area contributed by atoms with Gasteiger partial charge in [-0.25, -0.2) is 0 Å². The van der Waals surface area contributed by atoms with Crippen molar-refractivity contribution in [1.29, 1.82) is 0 Å². The first-order valence-electron chi connectivity index (χ1n) is 8.55. The topological polar surface area (TPSA) is 32.3 Å². The van der Waals surface area contributed by atoms with Gasteiger partial charge in [-0.2, -0.15) is 0 Å². The first-order valence-corrected chi connectivity index (χ1v) is 10.2. The fourth-order valence-corrected chi connectivity index (χ4v) is 4.32. The zero-order valence-electron chi connectivity index (χ0n) is 14.1. The quantitative estimate of drug-likeness (QED) is 0.682. The normalized spacial score (nSPS) is 16.5. The van der Waals surface area contributed by atoms with Crippen LogP contribution in [0.15, 0.2) is 46.3 Å². The highest BCUT2D eigenvalue weighted by Gasteiger charge is 2.23. The Bertz CT molecular complexity index is 640. The molecule has 1 aromatic carbocycles. The molecular weight excluding hydrogens is 420 g/mol. The number of halogens is 2. The highest BCUT2D eigenvalue weighted by molar-refractivity contribution is 9.10. The zero-order chi connectivity index (χ0) is 16.8. The predicted octanol–water partition coefficient (Wildman–Crippen LogP) is 5.28. The summed E-state index contributed by atoms with van der Waals surface area (Å²) in [5, 5.41) is 5.26. The third kappa shape index (κ3) is 5.81. The summed E-state index contributed by atoms with van der Waals surface area (Å²) in [4.78, 5) is 16.3. The van der Waals surface area contributed by atoms with Gasteiger partial charge in [0, 0.05) is 21.5 Å². The number of carbonyl (C=O) groups excluding carboxylic acids is 1. The second kappa shape index (κ2) is 10.3. The van der Waals surface area contributed by atoms with Crippen molar-refractivity contribution in [1.82, 2.24) is 10.2 Å². The van der Waals surface area contributed by atoms with Crippen molar-refractivity contribution in [2.45, 2.75) is 31.7 Å². The lowest BCUT2D eigenvalue weighted by Crippen LogP contribution is -2.38. The maximum atomic E-state index is 12.4. The first kappa shape index (κ1) is 20.4. The molecule has 0 saturated carbocycles. The molecule has 0 aliphatic carbocycles. The minimum Gasteiger partial charge on any atom is -0.350 e. The molecular formula is C19H24BrClN2OS. The Balaban J connectivity index is 0.00000225. The van der Waals surface area contributed by atoms with Crippen LogP contribution in [0.5, 0.6) is 0 Å². The third-order valence-corrected chi connectivity index (χ3v) is 6.02. The number of benzene rings is 1. The Labute approximate surface area is 168 Å². The van der Waals surface area contributed by atoms with Gasteiger partial charge >= 0.3 is 0 Å². The van der Waals surface area contributed by atoms with E-state index in [1.165, 1.54) is 30.6 Å². The maximum Gasteiger partial charge on any atom is 0.251 e. The van der Waals surface area contributed by atoms with Crippen LogP contribution in [0.4, 0.5) is 0 Å². The van der Waals surface area contributed by atoms with E-state index in [2.05, 4.69) is 43.7 Å². The summed E-state index contributed by atoms with van der Waals surface area (Å²) in [6.07, 6.45) is 5.14. The number of thiophene rings is 1. The van der Waals surface area contributed by atoms with Crippen LogP contribution < -0.4 is 5.32 Å². The molecule has 2 aromatic rings. The van der Waals surface area contributed by atoms with E-state index in [0.717, 1.165) is 17.6 Å². The van der Waals surface area contributed by atoms with Gasteiger partial charge in [0.25, 0.3) is 5.91 Å². The van der Waals surface area contributed by atoms with Crippen LogP contribution in [-0.2, 0) is 0 Å². The molecule has 1 aromatic heterocycles. The Hall–Kier alpha value is -0.880. The lowest BCUT2D eigenvalue weighted by molar-refractivity contribution is 0.0934. The molecule has 1 amide bonds. The number of hydrogen-bond acceptors (Lipinski definition) is 3. The van der Waals surface area contributed by atoms with E-state index in [1.807, 2.05) is 24.3 Å². The van der Waals surface area contributed by atoms with Crippen LogP contribution in [0.25, 0.3) is 0 Å². The van der Waals surface area contributed by atoms with Crippen LogP contribution in [0, 0.1) is 0 Å². The van der Waals surface area contributed by atoms with E-state index in [-0.39, 0.29) is 24.4 Å². The SMILES string of the molecule is Cl.O=C(NCC(c1cccs1)N1CCCCCC1)c1ccc(Br)cc1. The fraction of sp³-hybridized carbons (Fsp3) is 0.421. The van der Waals surface area contributed by atoms with E-state index >= 15 is 0 Å². The molecule has 3 nitrogen and oxygen atoms in total. The largest absolute Gasteiger partial charge is 0.350 e. The van der Waals surface area contributed by atoms with Crippen LogP contribution in [0.1, 0.15) is 47.0 Å². The molecule has 136 valence electrons. The summed E-state index contributed by atoms with van der Waals surface area (Å²) in [5.74, 6) is -0.00104. The average Bonchev–Trinajstić information content (AvgIpc) is 2.98. The van der Waals surface area contributed by atoms with Gasteiger partial charge in [-0.1, -0.05) is 34.8 Å². The maximum absolute atomic E-state index is 12.4. The minimum atomic E-state index is -0.00104. The van der Waals surface area contributed by atoms with Crippen molar-refractivity contribution in [2.75, 3.05) is 19.6 Å². The van der Waals surface area contributed by atoms with Gasteiger partial charge in [-0.3, -0.25) is 9.69 Å². The number of nitrogens with zero attached hydrogens (tertiary/aromatic N) is 1. The fourth-order valence-electron chi connectivity index (χ4n) is 3.19. The van der Waals surface area contributed by atoms with E-state index in [4.69, 9.17) is 0 Å². The smallest absolute Gasteiger partial charge is 0.251 e. The molecule has 3 rings (SSSR count). The molecule has 0 radical (unpaired) electrons. The molecule has 0 spiro atoms. The van der Waals surface area contributed by atoms with E-state index in [0.29, 0.717) is 12.1 Å². The van der Waals surface area contributed by atoms with Crippen LogP contribution in [0.3, 0.4) is 0 Å². The van der Waals surface area contributed by atoms with Crippen molar-refractivity contribution in [2.24, 2.45) is 0 Å². The molecule has 1 aliphatic heterocycles. The molecule has 1 fully saturated rings. The average molecular weight is 444 g/mol. The Morgan fingerprint density at radius 1 is 1.12 bits per heavy atom. The van der Waals surface area contributed by atoms with Crippen molar-refractivity contribution in [3.63, 3.8) is 0 Å². The van der Waals surface area contributed by atoms with Crippen LogP contribution in [0.2, 0.25) is 0 Å². The van der Waals surface area contributed by atoms with Crippen LogP contribution in [-0.4, -0.2) is 30.4 Å². The molecule has 6 heteroatoms. The summed E-state index contributed by atoms with van der Waals surface area (Å²) in [6.45, 7) is 2.91. The van der Waals surface area contributed by atoms with Gasteiger partial charge in [-0.15, -0.1) is 23.7 Å². The van der Waals surface area contributed by atoms with E-state index < -0.39 is 0 Å². The third-order valence-electron chi connectivity index (χ3n) is 4.52. The van der Waals surface area contributed by atoms with Crippen molar-refractivity contribution >= 4 is 45.6 Å². The highest BCUT2D eigenvalue weighted by Crippen LogP contribution is 2.27. The second-order valence-corrected chi connectivity index (χ2v) is 8.09. The molecule has 1 aliphatic rings. The van der Waals surface area contributed by atoms with E-state index in [9.17, 15) is 4.79 Å². The monoisotopic (exact) mass is 442 g/mol. The second-order valence-electron chi connectivity index (χ2n) is 6.20. The lowest BCUT2D eigenvalue weighted by Gasteiger charge is -2.30. The summed E-state index contributed by atoms with van der Waals surface area (Å²) < 4.78 is 0.986. The molecule has 1 saturated heterocycles. The standard InChI is InChI=1S/C19H23BrN2OS.ClH/c20-16-9-7-15(8-10-16)19(23)21-14-17(18-6-5-13-24-18)22-11-3-1-2-4-12-22;/h5-10,13,17H,1-4,11-12,14H2,(H,21,23);1H. The number of nitrogens with one attached hydrogen (secondary N) is 1. The first-order chi connectivity index (χ1) is 11.7. The minimum absolute atomic E-state index is 0. The lowest BCUT2D eigenvalue weighted by atomic mass is 10.1. The van der Waals surface area contributed by atoms with Gasteiger partial charge in [0.2, 0.25) is 0 Å². The zero-order valence-corrected chi connectivity index (χ0v) is 17.3. The number of amides is 1. The van der Waals surface area contributed by atoms with Gasteiger partial charge < -0.3 is 5.32 Å². The van der Waals surface area contributed by atoms with Gasteiger partial charge in [-0.05, 0) is 61.6 Å². The van der Waals surface area contributed by atoms with E-state index in [1.54, 1.807) is 11.3 Å².